The van der Waals surface area contributed by atoms with E-state index in [1.165, 1.54) is 13.0 Å². The van der Waals surface area contributed by atoms with Crippen molar-refractivity contribution in [2.24, 2.45) is 5.16 Å². The molecule has 2 heterocycles. The lowest BCUT2D eigenvalue weighted by atomic mass is 9.93. The second kappa shape index (κ2) is 7.75. The van der Waals surface area contributed by atoms with Crippen LogP contribution in [0.2, 0.25) is 0 Å². The number of oxime groups is 1. The molecule has 8 heteroatoms. The summed E-state index contributed by atoms with van der Waals surface area (Å²) in [5, 5.41) is 6.87. The molecule has 2 aromatic carbocycles. The molecule has 0 aromatic heterocycles. The van der Waals surface area contributed by atoms with Crippen LogP contribution in [-0.2, 0) is 22.4 Å². The van der Waals surface area contributed by atoms with Crippen LogP contribution >= 0.6 is 0 Å². The van der Waals surface area contributed by atoms with Gasteiger partial charge >= 0.3 is 6.18 Å². The van der Waals surface area contributed by atoms with Crippen molar-refractivity contribution in [3.05, 3.63) is 65.2 Å². The van der Waals surface area contributed by atoms with Gasteiger partial charge in [0.1, 0.15) is 0 Å². The Kier molecular flexibility index (Phi) is 5.27. The molecule has 1 N–H and O–H groups in total. The summed E-state index contributed by atoms with van der Waals surface area (Å²) in [5.41, 5.74) is 1.70. The summed E-state index contributed by atoms with van der Waals surface area (Å²) in [6.45, 7) is 3.67. The predicted molar refractivity (Wildman–Crippen MR) is 107 cm³/mol. The number of rotatable bonds is 4. The molecule has 1 spiro atoms. The number of nitrogens with zero attached hydrogens (tertiary/aromatic N) is 2. The van der Waals surface area contributed by atoms with Crippen LogP contribution in [0.1, 0.15) is 36.5 Å². The summed E-state index contributed by atoms with van der Waals surface area (Å²) < 4.78 is 39.0. The Morgan fingerprint density at radius 3 is 2.70 bits per heavy atom. The Balaban J connectivity index is 1.38. The van der Waals surface area contributed by atoms with E-state index in [4.69, 9.17) is 4.84 Å². The zero-order valence-corrected chi connectivity index (χ0v) is 16.5. The van der Waals surface area contributed by atoms with Crippen molar-refractivity contribution in [2.75, 3.05) is 18.4 Å². The second-order valence-electron chi connectivity index (χ2n) is 7.91. The Hall–Kier alpha value is -2.87. The van der Waals surface area contributed by atoms with E-state index in [0.717, 1.165) is 42.9 Å². The van der Waals surface area contributed by atoms with Crippen LogP contribution in [0.3, 0.4) is 0 Å². The Morgan fingerprint density at radius 2 is 2.00 bits per heavy atom. The van der Waals surface area contributed by atoms with Gasteiger partial charge in [0.25, 0.3) is 0 Å². The standard InChI is InChI=1S/C22H22F3N3O2/c1-15(29)26-19-7-5-16(6-8-19)13-28-10-9-21(14-28)12-20(27-30-21)17-3-2-4-18(11-17)22(23,24)25/h2-8,11H,9-10,12-14H2,1H3,(H,26,29). The van der Waals surface area contributed by atoms with Crippen LogP contribution in [0.15, 0.2) is 53.7 Å². The molecule has 2 aliphatic rings. The third kappa shape index (κ3) is 4.48. The van der Waals surface area contributed by atoms with Gasteiger partial charge in [0, 0.05) is 50.7 Å². The number of benzene rings is 2. The number of amides is 1. The largest absolute Gasteiger partial charge is 0.416 e. The molecule has 4 rings (SSSR count). The lowest BCUT2D eigenvalue weighted by molar-refractivity contribution is -0.137. The average molecular weight is 417 g/mol. The molecular weight excluding hydrogens is 395 g/mol. The zero-order valence-electron chi connectivity index (χ0n) is 16.5. The first-order chi connectivity index (χ1) is 14.2. The van der Waals surface area contributed by atoms with Crippen LogP contribution in [0.25, 0.3) is 0 Å². The number of carbonyl (C=O) groups is 1. The number of hydrogen-bond acceptors (Lipinski definition) is 4. The molecule has 158 valence electrons. The van der Waals surface area contributed by atoms with Crippen molar-refractivity contribution in [1.29, 1.82) is 0 Å². The maximum Gasteiger partial charge on any atom is 0.416 e. The maximum atomic E-state index is 13.0. The van der Waals surface area contributed by atoms with Gasteiger partial charge in [0.05, 0.1) is 11.3 Å². The van der Waals surface area contributed by atoms with E-state index in [-0.39, 0.29) is 5.91 Å². The summed E-state index contributed by atoms with van der Waals surface area (Å²) in [4.78, 5) is 19.1. The highest BCUT2D eigenvalue weighted by Crippen LogP contribution is 2.37. The van der Waals surface area contributed by atoms with Crippen molar-refractivity contribution in [1.82, 2.24) is 4.90 Å². The van der Waals surface area contributed by atoms with E-state index in [0.29, 0.717) is 24.2 Å². The number of halogens is 3. The Bertz CT molecular complexity index is 972. The van der Waals surface area contributed by atoms with Crippen LogP contribution in [0.5, 0.6) is 0 Å². The number of likely N-dealkylation sites (tertiary alicyclic amines) is 1. The van der Waals surface area contributed by atoms with E-state index in [1.54, 1.807) is 6.07 Å². The number of carbonyl (C=O) groups excluding carboxylic acids is 1. The fourth-order valence-corrected chi connectivity index (χ4v) is 3.99. The molecule has 0 bridgehead atoms. The Morgan fingerprint density at radius 1 is 1.23 bits per heavy atom. The van der Waals surface area contributed by atoms with Crippen LogP contribution in [-0.4, -0.2) is 35.2 Å². The normalized spacial score (nSPS) is 21.5. The summed E-state index contributed by atoms with van der Waals surface area (Å²) in [7, 11) is 0. The average Bonchev–Trinajstić information content (AvgIpc) is 3.29. The maximum absolute atomic E-state index is 13.0. The van der Waals surface area contributed by atoms with Crippen molar-refractivity contribution >= 4 is 17.3 Å². The first-order valence-corrected chi connectivity index (χ1v) is 9.74. The van der Waals surface area contributed by atoms with E-state index >= 15 is 0 Å². The molecule has 1 amide bonds. The third-order valence-corrected chi connectivity index (χ3v) is 5.44. The van der Waals surface area contributed by atoms with Gasteiger partial charge in [-0.2, -0.15) is 13.2 Å². The van der Waals surface area contributed by atoms with Gasteiger partial charge in [-0.05, 0) is 29.8 Å². The van der Waals surface area contributed by atoms with Gasteiger partial charge in [-0.15, -0.1) is 0 Å². The monoisotopic (exact) mass is 417 g/mol. The van der Waals surface area contributed by atoms with Gasteiger partial charge in [-0.3, -0.25) is 9.69 Å². The molecule has 1 saturated heterocycles. The summed E-state index contributed by atoms with van der Waals surface area (Å²) in [5.74, 6) is -0.112. The second-order valence-corrected chi connectivity index (χ2v) is 7.91. The van der Waals surface area contributed by atoms with Crippen LogP contribution in [0.4, 0.5) is 18.9 Å². The fourth-order valence-electron chi connectivity index (χ4n) is 3.99. The first kappa shape index (κ1) is 20.4. The van der Waals surface area contributed by atoms with Crippen molar-refractivity contribution in [3.63, 3.8) is 0 Å². The molecule has 30 heavy (non-hydrogen) atoms. The minimum atomic E-state index is -4.38. The van der Waals surface area contributed by atoms with E-state index in [2.05, 4.69) is 15.4 Å². The smallest absolute Gasteiger partial charge is 0.387 e. The van der Waals surface area contributed by atoms with E-state index < -0.39 is 17.3 Å². The third-order valence-electron chi connectivity index (χ3n) is 5.44. The van der Waals surface area contributed by atoms with Gasteiger partial charge in [-0.1, -0.05) is 29.4 Å². The minimum Gasteiger partial charge on any atom is -0.387 e. The van der Waals surface area contributed by atoms with Gasteiger partial charge in [0.2, 0.25) is 5.91 Å². The highest BCUT2D eigenvalue weighted by molar-refractivity contribution is 6.01. The molecule has 2 aliphatic heterocycles. The summed E-state index contributed by atoms with van der Waals surface area (Å²) >= 11 is 0. The number of nitrogens with one attached hydrogen (secondary N) is 1. The fraction of sp³-hybridized carbons (Fsp3) is 0.364. The molecular formula is C22H22F3N3O2. The number of anilines is 1. The van der Waals surface area contributed by atoms with Crippen LogP contribution in [0, 0.1) is 0 Å². The van der Waals surface area contributed by atoms with Crippen molar-refractivity contribution < 1.29 is 22.8 Å². The lowest BCUT2D eigenvalue weighted by Gasteiger charge is -2.22. The van der Waals surface area contributed by atoms with E-state index in [1.807, 2.05) is 24.3 Å². The van der Waals surface area contributed by atoms with Gasteiger partial charge in [-0.25, -0.2) is 0 Å². The molecule has 0 saturated carbocycles. The molecule has 5 nitrogen and oxygen atoms in total. The van der Waals surface area contributed by atoms with Crippen LogP contribution < -0.4 is 5.32 Å². The molecule has 1 fully saturated rings. The number of hydrogen-bond donors (Lipinski definition) is 1. The lowest BCUT2D eigenvalue weighted by Crippen LogP contribution is -2.33. The van der Waals surface area contributed by atoms with Crippen molar-refractivity contribution in [2.45, 2.75) is 38.1 Å². The molecule has 1 atom stereocenters. The number of alkyl halides is 3. The zero-order chi connectivity index (χ0) is 21.4. The molecule has 0 radical (unpaired) electrons. The highest BCUT2D eigenvalue weighted by atomic mass is 19.4. The van der Waals surface area contributed by atoms with Gasteiger partial charge in [0.15, 0.2) is 5.60 Å². The highest BCUT2D eigenvalue weighted by Gasteiger charge is 2.45. The topological polar surface area (TPSA) is 53.9 Å². The summed E-state index contributed by atoms with van der Waals surface area (Å²) in [6, 6.07) is 12.9. The first-order valence-electron chi connectivity index (χ1n) is 9.74. The quantitative estimate of drug-likeness (QED) is 0.801. The minimum absolute atomic E-state index is 0.112. The predicted octanol–water partition coefficient (Wildman–Crippen LogP) is 4.43. The molecule has 1 unspecified atom stereocenters. The molecule has 2 aromatic rings. The SMILES string of the molecule is CC(=O)Nc1ccc(CN2CCC3(CC(c4cccc(C(F)(F)F)c4)=NO3)C2)cc1. The molecule has 0 aliphatic carbocycles. The van der Waals surface area contributed by atoms with Gasteiger partial charge < -0.3 is 10.2 Å². The van der Waals surface area contributed by atoms with Crippen molar-refractivity contribution in [3.8, 4) is 0 Å². The van der Waals surface area contributed by atoms with E-state index in [9.17, 15) is 18.0 Å². The summed E-state index contributed by atoms with van der Waals surface area (Å²) in [6.07, 6.45) is -3.12. The Labute approximate surface area is 172 Å².